The van der Waals surface area contributed by atoms with Gasteiger partial charge in [0.2, 0.25) is 0 Å². The summed E-state index contributed by atoms with van der Waals surface area (Å²) in [6.45, 7) is 0. The van der Waals surface area contributed by atoms with Crippen molar-refractivity contribution >= 4 is 33.3 Å². The zero-order chi connectivity index (χ0) is 14.0. The standard InChI is InChI=1S/C14H8BrClF2O/c15-12-6-5-10(18)7-11(12)14(19)13(16)8-1-3-9(17)4-2-8/h1-7,13H. The van der Waals surface area contributed by atoms with Crippen LogP contribution in [0.3, 0.4) is 0 Å². The first-order chi connectivity index (χ1) is 8.99. The van der Waals surface area contributed by atoms with Crippen molar-refractivity contribution in [1.29, 1.82) is 0 Å². The highest BCUT2D eigenvalue weighted by Gasteiger charge is 2.22. The molecular formula is C14H8BrClF2O. The van der Waals surface area contributed by atoms with E-state index in [1.807, 2.05) is 0 Å². The number of hydrogen-bond donors (Lipinski definition) is 0. The summed E-state index contributed by atoms with van der Waals surface area (Å²) >= 11 is 9.23. The van der Waals surface area contributed by atoms with Crippen molar-refractivity contribution in [2.24, 2.45) is 0 Å². The van der Waals surface area contributed by atoms with Crippen LogP contribution in [0.25, 0.3) is 0 Å². The smallest absolute Gasteiger partial charge is 0.186 e. The van der Waals surface area contributed by atoms with Gasteiger partial charge in [0.25, 0.3) is 0 Å². The van der Waals surface area contributed by atoms with Gasteiger partial charge in [-0.1, -0.05) is 28.1 Å². The Morgan fingerprint density at radius 3 is 2.26 bits per heavy atom. The molecular weight excluding hydrogens is 338 g/mol. The van der Waals surface area contributed by atoms with E-state index in [9.17, 15) is 13.6 Å². The van der Waals surface area contributed by atoms with Crippen molar-refractivity contribution in [1.82, 2.24) is 0 Å². The van der Waals surface area contributed by atoms with Gasteiger partial charge in [-0.2, -0.15) is 0 Å². The first kappa shape index (κ1) is 14.2. The van der Waals surface area contributed by atoms with Gasteiger partial charge in [0, 0.05) is 10.0 Å². The van der Waals surface area contributed by atoms with E-state index < -0.39 is 22.8 Å². The summed E-state index contributed by atoms with van der Waals surface area (Å²) in [5, 5.41) is -0.987. The van der Waals surface area contributed by atoms with E-state index in [2.05, 4.69) is 15.9 Å². The second kappa shape index (κ2) is 5.80. The average Bonchev–Trinajstić information content (AvgIpc) is 2.41. The van der Waals surface area contributed by atoms with Crippen LogP contribution in [-0.2, 0) is 0 Å². The molecule has 1 nitrogen and oxygen atoms in total. The van der Waals surface area contributed by atoms with Gasteiger partial charge in [-0.15, -0.1) is 11.6 Å². The molecule has 98 valence electrons. The van der Waals surface area contributed by atoms with Crippen LogP contribution in [0.4, 0.5) is 8.78 Å². The Hall–Kier alpha value is -1.26. The number of ketones is 1. The zero-order valence-corrected chi connectivity index (χ0v) is 11.9. The molecule has 0 aliphatic heterocycles. The number of Topliss-reactive ketones (excluding diaryl/α,β-unsaturated/α-hetero) is 1. The summed E-state index contributed by atoms with van der Waals surface area (Å²) in [7, 11) is 0. The molecule has 0 N–H and O–H groups in total. The molecule has 0 radical (unpaired) electrons. The molecule has 0 bridgehead atoms. The summed E-state index contributed by atoms with van der Waals surface area (Å²) in [5.74, 6) is -1.37. The maximum absolute atomic E-state index is 13.2. The molecule has 0 aromatic heterocycles. The molecule has 0 fully saturated rings. The fourth-order valence-electron chi connectivity index (χ4n) is 1.61. The lowest BCUT2D eigenvalue weighted by Crippen LogP contribution is -2.08. The summed E-state index contributed by atoms with van der Waals surface area (Å²) in [6.07, 6.45) is 0. The lowest BCUT2D eigenvalue weighted by molar-refractivity contribution is 0.0986. The number of hydrogen-bond acceptors (Lipinski definition) is 1. The van der Waals surface area contributed by atoms with E-state index in [4.69, 9.17) is 11.6 Å². The van der Waals surface area contributed by atoms with E-state index in [1.165, 1.54) is 36.4 Å². The monoisotopic (exact) mass is 344 g/mol. The molecule has 0 heterocycles. The number of carbonyl (C=O) groups is 1. The van der Waals surface area contributed by atoms with Crippen LogP contribution >= 0.6 is 27.5 Å². The van der Waals surface area contributed by atoms with Crippen LogP contribution in [-0.4, -0.2) is 5.78 Å². The third-order valence-corrected chi connectivity index (χ3v) is 3.73. The van der Waals surface area contributed by atoms with Gasteiger partial charge in [-0.05, 0) is 35.9 Å². The molecule has 19 heavy (non-hydrogen) atoms. The highest BCUT2D eigenvalue weighted by molar-refractivity contribution is 9.10. The number of carbonyl (C=O) groups excluding carboxylic acids is 1. The summed E-state index contributed by atoms with van der Waals surface area (Å²) < 4.78 is 26.4. The van der Waals surface area contributed by atoms with Crippen molar-refractivity contribution in [2.45, 2.75) is 5.38 Å². The van der Waals surface area contributed by atoms with Crippen LogP contribution in [0.1, 0.15) is 21.3 Å². The van der Waals surface area contributed by atoms with Gasteiger partial charge in [0.1, 0.15) is 17.0 Å². The summed E-state index contributed by atoms with van der Waals surface area (Å²) in [5.41, 5.74) is 0.619. The highest BCUT2D eigenvalue weighted by atomic mass is 79.9. The van der Waals surface area contributed by atoms with Gasteiger partial charge >= 0.3 is 0 Å². The minimum atomic E-state index is -0.987. The van der Waals surface area contributed by atoms with E-state index in [-0.39, 0.29) is 5.56 Å². The number of rotatable bonds is 3. The SMILES string of the molecule is O=C(c1cc(F)ccc1Br)C(Cl)c1ccc(F)cc1. The minimum absolute atomic E-state index is 0.157. The Kier molecular flexibility index (Phi) is 4.32. The van der Waals surface area contributed by atoms with Crippen molar-refractivity contribution in [3.8, 4) is 0 Å². The molecule has 0 saturated heterocycles. The van der Waals surface area contributed by atoms with E-state index in [1.54, 1.807) is 0 Å². The van der Waals surface area contributed by atoms with Crippen LogP contribution in [0.2, 0.25) is 0 Å². The fourth-order valence-corrected chi connectivity index (χ4v) is 2.31. The molecule has 2 rings (SSSR count). The molecule has 0 amide bonds. The Bertz CT molecular complexity index is 613. The second-order valence-electron chi connectivity index (χ2n) is 3.90. The molecule has 1 unspecified atom stereocenters. The fraction of sp³-hybridized carbons (Fsp3) is 0.0714. The van der Waals surface area contributed by atoms with E-state index in [0.717, 1.165) is 6.07 Å². The third-order valence-electron chi connectivity index (χ3n) is 2.59. The predicted octanol–water partition coefficient (Wildman–Crippen LogP) is 4.89. The van der Waals surface area contributed by atoms with Crippen LogP contribution in [0, 0.1) is 11.6 Å². The Morgan fingerprint density at radius 2 is 1.63 bits per heavy atom. The van der Waals surface area contributed by atoms with Crippen LogP contribution in [0.5, 0.6) is 0 Å². The molecule has 0 aliphatic rings. The number of alkyl halides is 1. The van der Waals surface area contributed by atoms with Gasteiger partial charge in [0.15, 0.2) is 5.78 Å². The minimum Gasteiger partial charge on any atom is -0.292 e. The van der Waals surface area contributed by atoms with Gasteiger partial charge in [-0.3, -0.25) is 4.79 Å². The zero-order valence-electron chi connectivity index (χ0n) is 9.54. The number of halogens is 4. The average molecular weight is 346 g/mol. The Labute approximate surface area is 122 Å². The molecule has 0 saturated carbocycles. The van der Waals surface area contributed by atoms with E-state index >= 15 is 0 Å². The Morgan fingerprint density at radius 1 is 1.05 bits per heavy atom. The maximum Gasteiger partial charge on any atom is 0.186 e. The van der Waals surface area contributed by atoms with Crippen molar-refractivity contribution in [2.75, 3.05) is 0 Å². The van der Waals surface area contributed by atoms with Crippen LogP contribution < -0.4 is 0 Å². The topological polar surface area (TPSA) is 17.1 Å². The first-order valence-electron chi connectivity index (χ1n) is 5.38. The molecule has 1 atom stereocenters. The molecule has 2 aromatic rings. The van der Waals surface area contributed by atoms with Crippen molar-refractivity contribution < 1.29 is 13.6 Å². The van der Waals surface area contributed by atoms with Gasteiger partial charge < -0.3 is 0 Å². The Balaban J connectivity index is 2.33. The van der Waals surface area contributed by atoms with Gasteiger partial charge in [0.05, 0.1) is 0 Å². The second-order valence-corrected chi connectivity index (χ2v) is 5.19. The van der Waals surface area contributed by atoms with Gasteiger partial charge in [-0.25, -0.2) is 8.78 Å². The maximum atomic E-state index is 13.2. The first-order valence-corrected chi connectivity index (χ1v) is 6.61. The van der Waals surface area contributed by atoms with Crippen LogP contribution in [0.15, 0.2) is 46.9 Å². The molecule has 2 aromatic carbocycles. The normalized spacial score (nSPS) is 12.2. The quantitative estimate of drug-likeness (QED) is 0.572. The van der Waals surface area contributed by atoms with Crippen molar-refractivity contribution in [3.63, 3.8) is 0 Å². The summed E-state index contributed by atoms with van der Waals surface area (Å²) in [4.78, 5) is 12.2. The number of benzene rings is 2. The lowest BCUT2D eigenvalue weighted by Gasteiger charge is -2.10. The van der Waals surface area contributed by atoms with E-state index in [0.29, 0.717) is 10.0 Å². The van der Waals surface area contributed by atoms with Crippen molar-refractivity contribution in [3.05, 3.63) is 69.7 Å². The lowest BCUT2D eigenvalue weighted by atomic mass is 10.0. The molecule has 5 heteroatoms. The largest absolute Gasteiger partial charge is 0.292 e. The molecule has 0 aliphatic carbocycles. The third kappa shape index (κ3) is 3.19. The predicted molar refractivity (Wildman–Crippen MR) is 73.4 cm³/mol. The highest BCUT2D eigenvalue weighted by Crippen LogP contribution is 2.29. The summed E-state index contributed by atoms with van der Waals surface area (Å²) in [6, 6.07) is 9.09. The molecule has 0 spiro atoms.